The van der Waals surface area contributed by atoms with Crippen molar-refractivity contribution in [3.63, 3.8) is 0 Å². The Labute approximate surface area is 149 Å². The summed E-state index contributed by atoms with van der Waals surface area (Å²) in [5.74, 6) is 2.02. The quantitative estimate of drug-likeness (QED) is 0.926. The number of amides is 1. The van der Waals surface area contributed by atoms with Gasteiger partial charge in [-0.2, -0.15) is 0 Å². The van der Waals surface area contributed by atoms with Gasteiger partial charge in [-0.15, -0.1) is 0 Å². The van der Waals surface area contributed by atoms with Gasteiger partial charge in [-0.25, -0.2) is 9.97 Å². The molecular weight excluding hydrogens is 312 g/mol. The van der Waals surface area contributed by atoms with Crippen LogP contribution in [0.3, 0.4) is 0 Å². The zero-order chi connectivity index (χ0) is 17.8. The van der Waals surface area contributed by atoms with E-state index in [4.69, 9.17) is 0 Å². The number of carbonyl (C=O) groups is 1. The summed E-state index contributed by atoms with van der Waals surface area (Å²) in [5, 5.41) is 3.31. The van der Waals surface area contributed by atoms with Crippen LogP contribution in [0, 0.1) is 19.8 Å². The van der Waals surface area contributed by atoms with Crippen LogP contribution in [-0.2, 0) is 6.54 Å². The Bertz CT molecular complexity index is 751. The molecule has 1 aromatic heterocycles. The van der Waals surface area contributed by atoms with Crippen molar-refractivity contribution in [3.05, 3.63) is 53.0 Å². The molecule has 2 heterocycles. The minimum atomic E-state index is 0.0102. The minimum Gasteiger partial charge on any atom is -0.366 e. The molecule has 3 rings (SSSR count). The normalized spacial score (nSPS) is 15.2. The van der Waals surface area contributed by atoms with Crippen LogP contribution in [0.2, 0.25) is 0 Å². The molecule has 0 spiro atoms. The largest absolute Gasteiger partial charge is 0.366 e. The molecular formula is C20H26N4O. The Balaban J connectivity index is 1.70. The molecule has 0 aliphatic carbocycles. The number of hydrogen-bond donors (Lipinski definition) is 1. The predicted octanol–water partition coefficient (Wildman–Crippen LogP) is 3.58. The minimum absolute atomic E-state index is 0.0102. The third-order valence-electron chi connectivity index (χ3n) is 4.68. The van der Waals surface area contributed by atoms with Crippen LogP contribution in [0.15, 0.2) is 30.3 Å². The molecule has 0 bridgehead atoms. The van der Waals surface area contributed by atoms with Crippen LogP contribution >= 0.6 is 0 Å². The van der Waals surface area contributed by atoms with E-state index < -0.39 is 0 Å². The maximum atomic E-state index is 12.7. The fraction of sp³-hybridized carbons (Fsp3) is 0.450. The summed E-state index contributed by atoms with van der Waals surface area (Å²) >= 11 is 0. The van der Waals surface area contributed by atoms with Crippen LogP contribution in [0.25, 0.3) is 0 Å². The number of rotatable bonds is 4. The highest BCUT2D eigenvalue weighted by Gasteiger charge is 2.23. The number of hydrogen-bond acceptors (Lipinski definition) is 4. The average Bonchev–Trinajstić information content (AvgIpc) is 2.60. The van der Waals surface area contributed by atoms with Gasteiger partial charge in [0.05, 0.1) is 0 Å². The molecule has 1 saturated heterocycles. The summed E-state index contributed by atoms with van der Waals surface area (Å²) in [5.41, 5.74) is 2.90. The number of likely N-dealkylation sites (tertiary alicyclic amines) is 1. The average molecular weight is 338 g/mol. The lowest BCUT2D eigenvalue weighted by Crippen LogP contribution is -2.38. The number of aromatic nitrogens is 2. The van der Waals surface area contributed by atoms with Crippen molar-refractivity contribution in [2.45, 2.75) is 40.2 Å². The molecule has 1 amide bonds. The summed E-state index contributed by atoms with van der Waals surface area (Å²) in [6, 6.07) is 10.1. The van der Waals surface area contributed by atoms with Gasteiger partial charge in [-0.1, -0.05) is 36.8 Å². The van der Waals surface area contributed by atoms with Gasteiger partial charge in [0.1, 0.15) is 17.3 Å². The van der Waals surface area contributed by atoms with Crippen LogP contribution in [0.5, 0.6) is 0 Å². The lowest BCUT2D eigenvalue weighted by molar-refractivity contribution is 0.0691. The highest BCUT2D eigenvalue weighted by Crippen LogP contribution is 2.19. The van der Waals surface area contributed by atoms with E-state index in [1.54, 1.807) is 6.07 Å². The summed E-state index contributed by atoms with van der Waals surface area (Å²) in [6.45, 7) is 8.45. The molecule has 1 aliphatic heterocycles. The highest BCUT2D eigenvalue weighted by atomic mass is 16.2. The summed E-state index contributed by atoms with van der Waals surface area (Å²) in [7, 11) is 0. The first-order valence-electron chi connectivity index (χ1n) is 8.95. The van der Waals surface area contributed by atoms with E-state index in [0.29, 0.717) is 29.8 Å². The van der Waals surface area contributed by atoms with Crippen molar-refractivity contribution in [1.82, 2.24) is 14.9 Å². The first-order chi connectivity index (χ1) is 12.0. The van der Waals surface area contributed by atoms with Crippen molar-refractivity contribution >= 4 is 11.7 Å². The van der Waals surface area contributed by atoms with Crippen LogP contribution in [0.4, 0.5) is 5.82 Å². The second-order valence-corrected chi connectivity index (χ2v) is 7.00. The molecule has 0 atom stereocenters. The number of benzene rings is 1. The van der Waals surface area contributed by atoms with Crippen molar-refractivity contribution in [1.29, 1.82) is 0 Å². The number of nitrogens with one attached hydrogen (secondary N) is 1. The van der Waals surface area contributed by atoms with Crippen LogP contribution in [0.1, 0.15) is 47.2 Å². The Morgan fingerprint density at radius 3 is 2.68 bits per heavy atom. The van der Waals surface area contributed by atoms with Gasteiger partial charge < -0.3 is 10.2 Å². The van der Waals surface area contributed by atoms with Gasteiger partial charge in [-0.3, -0.25) is 4.79 Å². The molecule has 0 saturated carbocycles. The van der Waals surface area contributed by atoms with Crippen molar-refractivity contribution in [2.24, 2.45) is 5.92 Å². The lowest BCUT2D eigenvalue weighted by Gasteiger charge is -2.30. The lowest BCUT2D eigenvalue weighted by atomic mass is 9.99. The summed E-state index contributed by atoms with van der Waals surface area (Å²) in [6.07, 6.45) is 2.13. The van der Waals surface area contributed by atoms with Crippen molar-refractivity contribution < 1.29 is 4.79 Å². The van der Waals surface area contributed by atoms with Crippen molar-refractivity contribution in [3.8, 4) is 0 Å². The molecule has 1 N–H and O–H groups in total. The molecule has 0 radical (unpaired) electrons. The molecule has 132 valence electrons. The van der Waals surface area contributed by atoms with E-state index in [9.17, 15) is 4.79 Å². The van der Waals surface area contributed by atoms with Gasteiger partial charge in [-0.05, 0) is 38.2 Å². The van der Waals surface area contributed by atoms with E-state index >= 15 is 0 Å². The fourth-order valence-electron chi connectivity index (χ4n) is 3.16. The van der Waals surface area contributed by atoms with Gasteiger partial charge in [0.2, 0.25) is 0 Å². The van der Waals surface area contributed by atoms with Crippen LogP contribution < -0.4 is 5.32 Å². The molecule has 1 aromatic carbocycles. The van der Waals surface area contributed by atoms with Gasteiger partial charge >= 0.3 is 0 Å². The SMILES string of the molecule is Cc1cccc(CNc2cc(C(=O)N3CCC(C)CC3)nc(C)n2)c1. The second-order valence-electron chi connectivity index (χ2n) is 7.00. The van der Waals surface area contributed by atoms with E-state index in [1.807, 2.05) is 17.9 Å². The van der Waals surface area contributed by atoms with Gasteiger partial charge in [0.15, 0.2) is 0 Å². The number of nitrogens with zero attached hydrogens (tertiary/aromatic N) is 3. The Hall–Kier alpha value is -2.43. The molecule has 5 nitrogen and oxygen atoms in total. The summed E-state index contributed by atoms with van der Waals surface area (Å²) in [4.78, 5) is 23.4. The molecule has 2 aromatic rings. The first kappa shape index (κ1) is 17.4. The van der Waals surface area contributed by atoms with E-state index in [2.05, 4.69) is 47.3 Å². The number of aryl methyl sites for hydroxylation is 2. The number of anilines is 1. The number of carbonyl (C=O) groups excluding carboxylic acids is 1. The standard InChI is InChI=1S/C20H26N4O/c1-14-7-9-24(10-8-14)20(25)18-12-19(23-16(3)22-18)21-13-17-6-4-5-15(2)11-17/h4-6,11-12,14H,7-10,13H2,1-3H3,(H,21,22,23). The van der Waals surface area contributed by atoms with Crippen molar-refractivity contribution in [2.75, 3.05) is 18.4 Å². The molecule has 5 heteroatoms. The topological polar surface area (TPSA) is 58.1 Å². The molecule has 0 unspecified atom stereocenters. The van der Waals surface area contributed by atoms with E-state index in [0.717, 1.165) is 25.9 Å². The van der Waals surface area contributed by atoms with E-state index in [-0.39, 0.29) is 5.91 Å². The summed E-state index contributed by atoms with van der Waals surface area (Å²) < 4.78 is 0. The van der Waals surface area contributed by atoms with Gasteiger partial charge in [0.25, 0.3) is 5.91 Å². The monoisotopic (exact) mass is 338 g/mol. The smallest absolute Gasteiger partial charge is 0.272 e. The first-order valence-corrected chi connectivity index (χ1v) is 8.95. The molecule has 1 aliphatic rings. The van der Waals surface area contributed by atoms with E-state index in [1.165, 1.54) is 11.1 Å². The van der Waals surface area contributed by atoms with Gasteiger partial charge in [0, 0.05) is 25.7 Å². The Morgan fingerprint density at radius 1 is 1.20 bits per heavy atom. The zero-order valence-electron chi connectivity index (χ0n) is 15.2. The second kappa shape index (κ2) is 7.64. The maximum Gasteiger partial charge on any atom is 0.272 e. The maximum absolute atomic E-state index is 12.7. The third-order valence-corrected chi connectivity index (χ3v) is 4.68. The number of piperidine rings is 1. The fourth-order valence-corrected chi connectivity index (χ4v) is 3.16. The molecule has 1 fully saturated rings. The Morgan fingerprint density at radius 2 is 1.96 bits per heavy atom. The Kier molecular flexibility index (Phi) is 5.31. The molecule has 25 heavy (non-hydrogen) atoms. The predicted molar refractivity (Wildman–Crippen MR) is 99.6 cm³/mol. The zero-order valence-corrected chi connectivity index (χ0v) is 15.2. The highest BCUT2D eigenvalue weighted by molar-refractivity contribution is 5.93. The third kappa shape index (κ3) is 4.56. The van der Waals surface area contributed by atoms with Crippen LogP contribution in [-0.4, -0.2) is 33.9 Å².